The largest absolute Gasteiger partial charge is 0.481 e. The molecule has 0 spiro atoms. The van der Waals surface area contributed by atoms with Crippen LogP contribution in [-0.4, -0.2) is 147 Å². The van der Waals surface area contributed by atoms with Crippen LogP contribution in [0, 0.1) is 5.92 Å². The molecule has 0 radical (unpaired) electrons. The SMILES string of the molecule is CC(C)C[C@H](NC(=O)[C@H](Cc1cnc[nH]1)NC(=O)[C@H](CO)NC(=O)[C@H](CCCN=C(N)N)NC(=O)[C@@H](N)CC(=O)O)C(=O)N[C@@H](C)C(=O)N[C@@H](CCCN=C(N)N)C(=O)O. The molecule has 26 heteroatoms. The second kappa shape index (κ2) is 26.4. The molecule has 7 atom stereocenters. The van der Waals surface area contributed by atoms with Crippen LogP contribution in [-0.2, 0) is 44.8 Å². The van der Waals surface area contributed by atoms with Crippen LogP contribution in [0.1, 0.15) is 65.0 Å². The second-order valence-electron chi connectivity index (χ2n) is 14.1. The number of nitrogens with zero attached hydrogens (tertiary/aromatic N) is 3. The van der Waals surface area contributed by atoms with Crippen molar-refractivity contribution in [1.29, 1.82) is 0 Å². The number of nitrogens with one attached hydrogen (secondary N) is 7. The average molecular weight is 854 g/mol. The molecule has 0 aliphatic rings. The van der Waals surface area contributed by atoms with Crippen molar-refractivity contribution in [3.05, 3.63) is 18.2 Å². The quantitative estimate of drug-likeness (QED) is 0.0212. The Morgan fingerprint density at radius 1 is 0.683 bits per heavy atom. The van der Waals surface area contributed by atoms with Gasteiger partial charge in [-0.05, 0) is 44.9 Å². The Morgan fingerprint density at radius 2 is 1.17 bits per heavy atom. The van der Waals surface area contributed by atoms with E-state index >= 15 is 0 Å². The minimum atomic E-state index is -1.70. The maximum atomic E-state index is 13.8. The molecule has 1 heterocycles. The van der Waals surface area contributed by atoms with Gasteiger partial charge in [-0.2, -0.15) is 0 Å². The first-order valence-electron chi connectivity index (χ1n) is 18.9. The predicted molar refractivity (Wildman–Crippen MR) is 214 cm³/mol. The molecule has 0 bridgehead atoms. The van der Waals surface area contributed by atoms with Crippen LogP contribution in [0.25, 0.3) is 0 Å². The van der Waals surface area contributed by atoms with Crippen molar-refractivity contribution in [2.24, 2.45) is 44.6 Å². The summed E-state index contributed by atoms with van der Waals surface area (Å²) < 4.78 is 0. The maximum Gasteiger partial charge on any atom is 0.326 e. The summed E-state index contributed by atoms with van der Waals surface area (Å²) >= 11 is 0. The van der Waals surface area contributed by atoms with Crippen molar-refractivity contribution in [1.82, 2.24) is 41.9 Å². The lowest BCUT2D eigenvalue weighted by Crippen LogP contribution is -2.60. The summed E-state index contributed by atoms with van der Waals surface area (Å²) in [6.45, 7) is 4.01. The van der Waals surface area contributed by atoms with Gasteiger partial charge < -0.3 is 80.9 Å². The van der Waals surface area contributed by atoms with Gasteiger partial charge >= 0.3 is 11.9 Å². The Labute approximate surface area is 345 Å². The number of aliphatic carboxylic acids is 2. The summed E-state index contributed by atoms with van der Waals surface area (Å²) in [5.41, 5.74) is 27.2. The topological polar surface area (TPSA) is 453 Å². The minimum Gasteiger partial charge on any atom is -0.481 e. The molecule has 1 rings (SSSR count). The molecule has 0 aliphatic carbocycles. The van der Waals surface area contributed by atoms with Gasteiger partial charge in [0.1, 0.15) is 36.3 Å². The molecule has 0 saturated heterocycles. The zero-order chi connectivity index (χ0) is 45.5. The van der Waals surface area contributed by atoms with E-state index in [4.69, 9.17) is 33.8 Å². The standard InChI is InChI=1S/C34H59N15O11/c1-16(2)10-22(29(56)44-17(3)26(53)46-21(32(59)60)7-5-9-42-34(38)39)47-30(57)23(11-18-13-40-15-43-18)48-31(58)24(14-50)49-28(55)20(6-4-8-41-33(36)37)45-27(54)19(35)12-25(51)52/h13,15-17,19-24,50H,4-12,14,35H2,1-3H3,(H,40,43)(H,44,56)(H,45,54)(H,46,53)(H,47,57)(H,48,58)(H,49,55)(H,51,52)(H,59,60)(H4,36,37,41)(H4,38,39,42)/t17-,19-,20-,21-,22-,23-,24-/m0/s1. The van der Waals surface area contributed by atoms with Gasteiger partial charge in [-0.1, -0.05) is 13.8 Å². The number of aromatic amines is 1. The molecule has 26 nitrogen and oxygen atoms in total. The van der Waals surface area contributed by atoms with Gasteiger partial charge in [-0.25, -0.2) is 9.78 Å². The number of rotatable bonds is 28. The fraction of sp³-hybridized carbons (Fsp3) is 0.618. The Bertz CT molecular complexity index is 1660. The third-order valence-corrected chi connectivity index (χ3v) is 8.39. The number of aliphatic hydroxyl groups excluding tert-OH is 1. The first-order chi connectivity index (χ1) is 28.1. The van der Waals surface area contributed by atoms with Crippen LogP contribution in [0.4, 0.5) is 0 Å². The number of aliphatic hydroxyl groups is 1. The van der Waals surface area contributed by atoms with Gasteiger partial charge in [0.25, 0.3) is 0 Å². The van der Waals surface area contributed by atoms with Crippen molar-refractivity contribution >= 4 is 59.3 Å². The minimum absolute atomic E-state index is 0.0179. The van der Waals surface area contributed by atoms with Crippen molar-refractivity contribution < 1.29 is 53.7 Å². The molecular weight excluding hydrogens is 794 g/mol. The molecule has 6 amide bonds. The van der Waals surface area contributed by atoms with Crippen LogP contribution < -0.4 is 60.6 Å². The van der Waals surface area contributed by atoms with Crippen LogP contribution in [0.5, 0.6) is 0 Å². The summed E-state index contributed by atoms with van der Waals surface area (Å²) in [4.78, 5) is 117. The van der Waals surface area contributed by atoms with E-state index in [0.29, 0.717) is 5.69 Å². The number of amides is 6. The summed E-state index contributed by atoms with van der Waals surface area (Å²) in [6.07, 6.45) is 2.00. The average Bonchev–Trinajstić information content (AvgIpc) is 3.67. The van der Waals surface area contributed by atoms with Crippen molar-refractivity contribution in [3.63, 3.8) is 0 Å². The van der Waals surface area contributed by atoms with Gasteiger partial charge in [-0.3, -0.25) is 43.5 Å². The van der Waals surface area contributed by atoms with Crippen LogP contribution in [0.2, 0.25) is 0 Å². The summed E-state index contributed by atoms with van der Waals surface area (Å²) in [7, 11) is 0. The molecule has 1 aromatic heterocycles. The Kier molecular flexibility index (Phi) is 22.7. The molecule has 1 aromatic rings. The lowest BCUT2D eigenvalue weighted by molar-refractivity contribution is -0.142. The van der Waals surface area contributed by atoms with E-state index in [2.05, 4.69) is 51.9 Å². The molecule has 0 saturated carbocycles. The summed E-state index contributed by atoms with van der Waals surface area (Å²) in [5, 5.41) is 43.2. The highest BCUT2D eigenvalue weighted by atomic mass is 16.4. The molecule has 0 aliphatic heterocycles. The second-order valence-corrected chi connectivity index (χ2v) is 14.1. The predicted octanol–water partition coefficient (Wildman–Crippen LogP) is -6.09. The fourth-order valence-electron chi connectivity index (χ4n) is 5.31. The number of imidazole rings is 1. The summed E-state index contributed by atoms with van der Waals surface area (Å²) in [5.74, 6) is -8.83. The third-order valence-electron chi connectivity index (χ3n) is 8.39. The number of carboxylic acid groups (broad SMARTS) is 2. The van der Waals surface area contributed by atoms with E-state index in [9.17, 15) is 48.6 Å². The number of carboxylic acids is 2. The zero-order valence-electron chi connectivity index (χ0n) is 33.7. The van der Waals surface area contributed by atoms with E-state index in [0.717, 1.165) is 0 Å². The molecule has 336 valence electrons. The maximum absolute atomic E-state index is 13.8. The van der Waals surface area contributed by atoms with Gasteiger partial charge in [0, 0.05) is 31.4 Å². The van der Waals surface area contributed by atoms with Gasteiger partial charge in [0.05, 0.1) is 25.4 Å². The number of H-pyrrole nitrogens is 1. The zero-order valence-corrected chi connectivity index (χ0v) is 33.7. The summed E-state index contributed by atoms with van der Waals surface area (Å²) in [6, 6.07) is -9.93. The molecule has 60 heavy (non-hydrogen) atoms. The lowest BCUT2D eigenvalue weighted by atomic mass is 10.0. The van der Waals surface area contributed by atoms with Gasteiger partial charge in [0.15, 0.2) is 11.9 Å². The number of aromatic nitrogens is 2. The molecule has 0 unspecified atom stereocenters. The molecule has 0 fully saturated rings. The highest BCUT2D eigenvalue weighted by molar-refractivity contribution is 5.97. The van der Waals surface area contributed by atoms with Crippen LogP contribution >= 0.6 is 0 Å². The van der Waals surface area contributed by atoms with Crippen molar-refractivity contribution in [2.45, 2.75) is 108 Å². The monoisotopic (exact) mass is 853 g/mol. The van der Waals surface area contributed by atoms with E-state index < -0.39 is 103 Å². The van der Waals surface area contributed by atoms with E-state index in [-0.39, 0.29) is 69.5 Å². The van der Waals surface area contributed by atoms with E-state index in [1.54, 1.807) is 13.8 Å². The third kappa shape index (κ3) is 20.2. The van der Waals surface area contributed by atoms with Gasteiger partial charge in [0.2, 0.25) is 35.4 Å². The smallest absolute Gasteiger partial charge is 0.326 e. The van der Waals surface area contributed by atoms with Crippen molar-refractivity contribution in [3.8, 4) is 0 Å². The van der Waals surface area contributed by atoms with E-state index in [1.165, 1.54) is 19.4 Å². The van der Waals surface area contributed by atoms with Gasteiger partial charge in [-0.15, -0.1) is 0 Å². The number of aliphatic imine (C=N–C) groups is 2. The number of carbonyl (C=O) groups is 8. The van der Waals surface area contributed by atoms with E-state index in [1.807, 2.05) is 0 Å². The lowest BCUT2D eigenvalue weighted by Gasteiger charge is -2.27. The van der Waals surface area contributed by atoms with Crippen LogP contribution in [0.3, 0.4) is 0 Å². The number of nitrogens with two attached hydrogens (primary N) is 5. The Balaban J connectivity index is 3.21. The number of guanidine groups is 2. The highest BCUT2D eigenvalue weighted by Crippen LogP contribution is 2.09. The number of hydrogen-bond donors (Lipinski definition) is 15. The number of hydrogen-bond acceptors (Lipinski definition) is 13. The van der Waals surface area contributed by atoms with Crippen LogP contribution in [0.15, 0.2) is 22.5 Å². The molecule has 0 aromatic carbocycles. The number of carbonyl (C=O) groups excluding carboxylic acids is 6. The normalized spacial score (nSPS) is 14.4. The first-order valence-corrected chi connectivity index (χ1v) is 18.9. The Morgan fingerprint density at radius 3 is 1.67 bits per heavy atom. The van der Waals surface area contributed by atoms with Crippen molar-refractivity contribution in [2.75, 3.05) is 19.7 Å². The molecule has 20 N–H and O–H groups in total. The molecular formula is C34H59N15O11. The first kappa shape index (κ1) is 51.4. The Hall–Kier alpha value is -6.57. The highest BCUT2D eigenvalue weighted by Gasteiger charge is 2.33. The fourth-order valence-corrected chi connectivity index (χ4v) is 5.31.